The fourth-order valence-electron chi connectivity index (χ4n) is 2.82. The molecule has 1 atom stereocenters. The second-order valence-corrected chi connectivity index (χ2v) is 5.92. The molecule has 0 radical (unpaired) electrons. The molecule has 2 heteroatoms. The Bertz CT molecular complexity index is 350. The maximum Gasteiger partial charge on any atom is 0.0233 e. The van der Waals surface area contributed by atoms with Crippen molar-refractivity contribution in [1.29, 1.82) is 0 Å². The van der Waals surface area contributed by atoms with Crippen LogP contribution in [0.2, 0.25) is 0 Å². The highest BCUT2D eigenvalue weighted by molar-refractivity contribution is 5.25. The second-order valence-electron chi connectivity index (χ2n) is 5.92. The van der Waals surface area contributed by atoms with E-state index in [1.165, 1.54) is 56.3 Å². The van der Waals surface area contributed by atoms with Gasteiger partial charge in [0.1, 0.15) is 0 Å². The summed E-state index contributed by atoms with van der Waals surface area (Å²) in [5, 5.41) is 0. The molecule has 0 saturated carbocycles. The first-order valence-electron chi connectivity index (χ1n) is 7.81. The predicted octanol–water partition coefficient (Wildman–Crippen LogP) is 3.51. The number of rotatable bonds is 4. The lowest BCUT2D eigenvalue weighted by Crippen LogP contribution is -2.26. The van der Waals surface area contributed by atoms with Gasteiger partial charge >= 0.3 is 0 Å². The van der Waals surface area contributed by atoms with Gasteiger partial charge < -0.3 is 5.73 Å². The van der Waals surface area contributed by atoms with Crippen molar-refractivity contribution < 1.29 is 0 Å². The van der Waals surface area contributed by atoms with Crippen LogP contribution in [0.4, 0.5) is 0 Å². The Morgan fingerprint density at radius 1 is 1.00 bits per heavy atom. The third kappa shape index (κ3) is 4.63. The van der Waals surface area contributed by atoms with Crippen LogP contribution in [0.1, 0.15) is 56.1 Å². The highest BCUT2D eigenvalue weighted by Crippen LogP contribution is 2.17. The molecule has 1 aliphatic rings. The van der Waals surface area contributed by atoms with Gasteiger partial charge in [-0.05, 0) is 49.5 Å². The maximum atomic E-state index is 5.72. The number of hydrogen-bond acceptors (Lipinski definition) is 2. The molecular formula is C17H28N2. The summed E-state index contributed by atoms with van der Waals surface area (Å²) in [6.07, 6.45) is 6.97. The van der Waals surface area contributed by atoms with E-state index >= 15 is 0 Å². The van der Waals surface area contributed by atoms with Crippen molar-refractivity contribution in [2.45, 2.75) is 51.5 Å². The molecule has 0 aromatic heterocycles. The molecule has 19 heavy (non-hydrogen) atoms. The van der Waals surface area contributed by atoms with Crippen molar-refractivity contribution in [3.05, 3.63) is 35.4 Å². The average Bonchev–Trinajstić information content (AvgIpc) is 2.41. The van der Waals surface area contributed by atoms with E-state index in [2.05, 4.69) is 36.1 Å². The lowest BCUT2D eigenvalue weighted by atomic mass is 10.00. The van der Waals surface area contributed by atoms with Crippen LogP contribution in [0.15, 0.2) is 24.3 Å². The van der Waals surface area contributed by atoms with Crippen LogP contribution < -0.4 is 5.73 Å². The van der Waals surface area contributed by atoms with Crippen LogP contribution in [0.25, 0.3) is 0 Å². The number of likely N-dealkylation sites (tertiary alicyclic amines) is 1. The minimum atomic E-state index is 0.468. The molecule has 106 valence electrons. The van der Waals surface area contributed by atoms with E-state index in [1.54, 1.807) is 0 Å². The van der Waals surface area contributed by atoms with Crippen LogP contribution in [0.3, 0.4) is 0 Å². The summed E-state index contributed by atoms with van der Waals surface area (Å²) in [4.78, 5) is 2.61. The second kappa shape index (κ2) is 7.66. The van der Waals surface area contributed by atoms with E-state index in [-0.39, 0.29) is 0 Å². The number of hydrogen-bond donors (Lipinski definition) is 1. The summed E-state index contributed by atoms with van der Waals surface area (Å²) in [7, 11) is 0. The molecule has 0 aliphatic carbocycles. The van der Waals surface area contributed by atoms with Gasteiger partial charge in [-0.2, -0.15) is 0 Å². The normalized spacial score (nSPS) is 19.7. The molecule has 0 bridgehead atoms. The predicted molar refractivity (Wildman–Crippen MR) is 82.3 cm³/mol. The molecule has 1 heterocycles. The Kier molecular flexibility index (Phi) is 5.87. The van der Waals surface area contributed by atoms with E-state index in [4.69, 9.17) is 5.73 Å². The van der Waals surface area contributed by atoms with Gasteiger partial charge in [0, 0.05) is 6.54 Å². The molecule has 1 aromatic rings. The molecule has 0 amide bonds. The first-order chi connectivity index (χ1) is 9.29. The number of nitrogens with two attached hydrogens (primary N) is 1. The summed E-state index contributed by atoms with van der Waals surface area (Å²) in [6, 6.07) is 9.05. The summed E-state index contributed by atoms with van der Waals surface area (Å²) in [5.74, 6) is 0.468. The molecule has 2 rings (SSSR count). The average molecular weight is 260 g/mol. The van der Waals surface area contributed by atoms with Crippen molar-refractivity contribution in [3.63, 3.8) is 0 Å². The number of nitrogens with zero attached hydrogens (tertiary/aromatic N) is 1. The largest absolute Gasteiger partial charge is 0.330 e. The third-order valence-corrected chi connectivity index (χ3v) is 4.26. The minimum Gasteiger partial charge on any atom is -0.330 e. The lowest BCUT2D eigenvalue weighted by Gasteiger charge is -2.24. The van der Waals surface area contributed by atoms with Crippen LogP contribution >= 0.6 is 0 Å². The van der Waals surface area contributed by atoms with Gasteiger partial charge in [0.25, 0.3) is 0 Å². The Morgan fingerprint density at radius 3 is 2.16 bits per heavy atom. The zero-order chi connectivity index (χ0) is 13.5. The summed E-state index contributed by atoms with van der Waals surface area (Å²) < 4.78 is 0. The fraction of sp³-hybridized carbons (Fsp3) is 0.647. The maximum absolute atomic E-state index is 5.72. The zero-order valence-electron chi connectivity index (χ0n) is 12.3. The van der Waals surface area contributed by atoms with E-state index in [1.807, 2.05) is 0 Å². The molecule has 1 fully saturated rings. The first kappa shape index (κ1) is 14.5. The number of benzene rings is 1. The van der Waals surface area contributed by atoms with Crippen LogP contribution in [-0.4, -0.2) is 24.5 Å². The van der Waals surface area contributed by atoms with Crippen LogP contribution in [-0.2, 0) is 6.54 Å². The summed E-state index contributed by atoms with van der Waals surface area (Å²) in [5.41, 5.74) is 8.51. The highest BCUT2D eigenvalue weighted by atomic mass is 15.1. The van der Waals surface area contributed by atoms with Gasteiger partial charge in [-0.3, -0.25) is 4.90 Å². The molecule has 1 aliphatic heterocycles. The van der Waals surface area contributed by atoms with E-state index in [9.17, 15) is 0 Å². The monoisotopic (exact) mass is 260 g/mol. The molecular weight excluding hydrogens is 232 g/mol. The van der Waals surface area contributed by atoms with Crippen molar-refractivity contribution in [2.24, 2.45) is 5.73 Å². The van der Waals surface area contributed by atoms with E-state index < -0.39 is 0 Å². The van der Waals surface area contributed by atoms with Crippen molar-refractivity contribution >= 4 is 0 Å². The zero-order valence-corrected chi connectivity index (χ0v) is 12.3. The van der Waals surface area contributed by atoms with Gasteiger partial charge in [-0.25, -0.2) is 0 Å². The molecule has 1 unspecified atom stereocenters. The van der Waals surface area contributed by atoms with Crippen LogP contribution in [0.5, 0.6) is 0 Å². The van der Waals surface area contributed by atoms with Gasteiger partial charge in [-0.1, -0.05) is 50.5 Å². The van der Waals surface area contributed by atoms with Crippen molar-refractivity contribution in [1.82, 2.24) is 4.90 Å². The van der Waals surface area contributed by atoms with Gasteiger partial charge in [0.15, 0.2) is 0 Å². The van der Waals surface area contributed by atoms with Gasteiger partial charge in [-0.15, -0.1) is 0 Å². The van der Waals surface area contributed by atoms with E-state index in [0.29, 0.717) is 5.92 Å². The molecule has 1 aromatic carbocycles. The fourth-order valence-corrected chi connectivity index (χ4v) is 2.82. The Labute approximate surface area is 118 Å². The highest BCUT2D eigenvalue weighted by Gasteiger charge is 2.09. The Hall–Kier alpha value is -0.860. The minimum absolute atomic E-state index is 0.468. The lowest BCUT2D eigenvalue weighted by molar-refractivity contribution is 0.240. The van der Waals surface area contributed by atoms with Gasteiger partial charge in [0.05, 0.1) is 0 Å². The van der Waals surface area contributed by atoms with Gasteiger partial charge in [0.2, 0.25) is 0 Å². The molecule has 2 N–H and O–H groups in total. The summed E-state index contributed by atoms with van der Waals surface area (Å²) >= 11 is 0. The quantitative estimate of drug-likeness (QED) is 0.897. The Balaban J connectivity index is 1.90. The van der Waals surface area contributed by atoms with Crippen molar-refractivity contribution in [3.8, 4) is 0 Å². The Morgan fingerprint density at radius 2 is 1.58 bits per heavy atom. The first-order valence-corrected chi connectivity index (χ1v) is 7.81. The SMILES string of the molecule is CC(CN)c1ccc(CN2CCCCCCC2)cc1. The third-order valence-electron chi connectivity index (χ3n) is 4.26. The molecule has 2 nitrogen and oxygen atoms in total. The summed E-state index contributed by atoms with van der Waals surface area (Å²) in [6.45, 7) is 6.55. The van der Waals surface area contributed by atoms with Crippen molar-refractivity contribution in [2.75, 3.05) is 19.6 Å². The van der Waals surface area contributed by atoms with Crippen LogP contribution in [0, 0.1) is 0 Å². The smallest absolute Gasteiger partial charge is 0.0233 e. The molecule has 0 spiro atoms. The standard InChI is InChI=1S/C17H28N2/c1-15(13-18)17-9-7-16(8-10-17)14-19-11-5-3-2-4-6-12-19/h7-10,15H,2-6,11-14,18H2,1H3. The topological polar surface area (TPSA) is 29.3 Å². The molecule has 1 saturated heterocycles. The van der Waals surface area contributed by atoms with E-state index in [0.717, 1.165) is 13.1 Å².